The molecule has 0 unspecified atom stereocenters. The number of likely N-dealkylation sites (tertiary alicyclic amines) is 1. The lowest BCUT2D eigenvalue weighted by molar-refractivity contribution is 0.165. The van der Waals surface area contributed by atoms with Gasteiger partial charge in [0.05, 0.1) is 11.2 Å². The van der Waals surface area contributed by atoms with Gasteiger partial charge < -0.3 is 4.98 Å². The lowest BCUT2D eigenvalue weighted by atomic mass is 9.93. The first kappa shape index (κ1) is 16.4. The molecule has 3 aromatic heterocycles. The number of aromatic amines is 1. The zero-order valence-corrected chi connectivity index (χ0v) is 15.2. The van der Waals surface area contributed by atoms with Gasteiger partial charge in [-0.1, -0.05) is 0 Å². The van der Waals surface area contributed by atoms with Gasteiger partial charge in [-0.25, -0.2) is 19.9 Å². The van der Waals surface area contributed by atoms with Gasteiger partial charge in [0.2, 0.25) is 0 Å². The predicted molar refractivity (Wildman–Crippen MR) is 98.2 cm³/mol. The van der Waals surface area contributed by atoms with E-state index in [0.717, 1.165) is 49.0 Å². The number of nitrogens with zero attached hydrogens (tertiary/aromatic N) is 5. The summed E-state index contributed by atoms with van der Waals surface area (Å²) >= 11 is 1.67. The van der Waals surface area contributed by atoms with Crippen LogP contribution in [0, 0.1) is 12.8 Å². The van der Waals surface area contributed by atoms with Gasteiger partial charge in [-0.15, -0.1) is 11.3 Å². The molecule has 1 aliphatic heterocycles. The first-order chi connectivity index (χ1) is 12.3. The zero-order valence-electron chi connectivity index (χ0n) is 14.4. The van der Waals surface area contributed by atoms with E-state index in [4.69, 9.17) is 0 Å². The fraction of sp³-hybridized carbons (Fsp3) is 0.444. The van der Waals surface area contributed by atoms with Crippen molar-refractivity contribution in [1.29, 1.82) is 0 Å². The fourth-order valence-corrected chi connectivity index (χ4v) is 4.03. The van der Waals surface area contributed by atoms with Gasteiger partial charge in [0.1, 0.15) is 12.0 Å². The third-order valence-corrected chi connectivity index (χ3v) is 5.27. The Morgan fingerprint density at radius 3 is 3.00 bits per heavy atom. The smallest absolute Gasteiger partial charge is 0.156 e. The van der Waals surface area contributed by atoms with Crippen molar-refractivity contribution in [2.45, 2.75) is 32.7 Å². The first-order valence-electron chi connectivity index (χ1n) is 8.68. The van der Waals surface area contributed by atoms with E-state index in [9.17, 15) is 0 Å². The minimum Gasteiger partial charge on any atom is -0.341 e. The maximum absolute atomic E-state index is 4.48. The highest BCUT2D eigenvalue weighted by Crippen LogP contribution is 2.23. The molecule has 0 saturated carbocycles. The number of H-pyrrole nitrogens is 1. The average Bonchev–Trinajstić information content (AvgIpc) is 3.27. The number of aromatic nitrogens is 5. The van der Waals surface area contributed by atoms with Crippen molar-refractivity contribution < 1.29 is 0 Å². The maximum Gasteiger partial charge on any atom is 0.156 e. The molecule has 1 aliphatic rings. The Morgan fingerprint density at radius 2 is 2.20 bits per heavy atom. The number of piperidine rings is 1. The van der Waals surface area contributed by atoms with E-state index in [1.54, 1.807) is 17.7 Å². The summed E-state index contributed by atoms with van der Waals surface area (Å²) in [4.78, 5) is 23.4. The van der Waals surface area contributed by atoms with Gasteiger partial charge in [-0.3, -0.25) is 4.90 Å². The van der Waals surface area contributed by atoms with Crippen molar-refractivity contribution >= 4 is 11.3 Å². The van der Waals surface area contributed by atoms with Gasteiger partial charge >= 0.3 is 0 Å². The molecule has 0 spiro atoms. The van der Waals surface area contributed by atoms with Crippen molar-refractivity contribution in [1.82, 2.24) is 29.8 Å². The summed E-state index contributed by atoms with van der Waals surface area (Å²) in [6.07, 6.45) is 6.96. The topological polar surface area (TPSA) is 70.6 Å². The molecule has 0 radical (unpaired) electrons. The van der Waals surface area contributed by atoms with E-state index in [2.05, 4.69) is 41.3 Å². The van der Waals surface area contributed by atoms with E-state index in [0.29, 0.717) is 5.92 Å². The van der Waals surface area contributed by atoms with Crippen LogP contribution >= 0.6 is 11.3 Å². The van der Waals surface area contributed by atoms with Crippen molar-refractivity contribution in [3.8, 4) is 11.5 Å². The number of hydrogen-bond acceptors (Lipinski definition) is 6. The van der Waals surface area contributed by atoms with Crippen LogP contribution < -0.4 is 0 Å². The van der Waals surface area contributed by atoms with Crippen LogP contribution in [0.4, 0.5) is 0 Å². The fourth-order valence-electron chi connectivity index (χ4n) is 3.48. The molecule has 4 heterocycles. The quantitative estimate of drug-likeness (QED) is 0.762. The molecular formula is C18H22N6S. The molecule has 0 aliphatic carbocycles. The molecule has 6 nitrogen and oxygen atoms in total. The predicted octanol–water partition coefficient (Wildman–Crippen LogP) is 3.09. The highest BCUT2D eigenvalue weighted by atomic mass is 32.1. The summed E-state index contributed by atoms with van der Waals surface area (Å²) < 4.78 is 0. The number of aryl methyl sites for hydroxylation is 1. The van der Waals surface area contributed by atoms with Crippen molar-refractivity contribution in [3.05, 3.63) is 46.6 Å². The normalized spacial score (nSPS) is 18.5. The Morgan fingerprint density at radius 1 is 1.24 bits per heavy atom. The lowest BCUT2D eigenvalue weighted by Crippen LogP contribution is -2.35. The molecule has 1 fully saturated rings. The Hall–Kier alpha value is -2.12. The molecule has 3 aromatic rings. The summed E-state index contributed by atoms with van der Waals surface area (Å²) in [5.41, 5.74) is 6.10. The Kier molecular flexibility index (Phi) is 4.85. The molecule has 1 atom stereocenters. The lowest BCUT2D eigenvalue weighted by Gasteiger charge is -2.32. The summed E-state index contributed by atoms with van der Waals surface area (Å²) in [5.74, 6) is 1.45. The van der Waals surface area contributed by atoms with Gasteiger partial charge in [0, 0.05) is 36.1 Å². The zero-order chi connectivity index (χ0) is 17.1. The summed E-state index contributed by atoms with van der Waals surface area (Å²) in [6.45, 7) is 5.23. The Labute approximate surface area is 151 Å². The third-order valence-electron chi connectivity index (χ3n) is 4.64. The highest BCUT2D eigenvalue weighted by Gasteiger charge is 2.21. The SMILES string of the molecule is Cc1cnc(-c2cc(C[C@@H]3CCCN(Cc4cscn4)C3)ncn2)[nH]1. The molecule has 0 amide bonds. The number of hydrogen-bond donors (Lipinski definition) is 1. The Balaban J connectivity index is 1.41. The van der Waals surface area contributed by atoms with Crippen LogP contribution in [0.5, 0.6) is 0 Å². The summed E-state index contributed by atoms with van der Waals surface area (Å²) in [5, 5.41) is 2.14. The third kappa shape index (κ3) is 4.11. The van der Waals surface area contributed by atoms with Crippen molar-refractivity contribution in [2.75, 3.05) is 13.1 Å². The number of rotatable bonds is 5. The summed E-state index contributed by atoms with van der Waals surface area (Å²) in [7, 11) is 0. The van der Waals surface area contributed by atoms with Crippen LogP contribution in [-0.2, 0) is 13.0 Å². The van der Waals surface area contributed by atoms with Gasteiger partial charge in [0.15, 0.2) is 5.82 Å². The second-order valence-electron chi connectivity index (χ2n) is 6.74. The van der Waals surface area contributed by atoms with Crippen molar-refractivity contribution in [2.24, 2.45) is 5.92 Å². The molecule has 1 N–H and O–H groups in total. The summed E-state index contributed by atoms with van der Waals surface area (Å²) in [6, 6.07) is 2.07. The largest absolute Gasteiger partial charge is 0.341 e. The molecule has 130 valence electrons. The number of thiazole rings is 1. The van der Waals surface area contributed by atoms with Gasteiger partial charge in [-0.05, 0) is 44.7 Å². The maximum atomic E-state index is 4.48. The van der Waals surface area contributed by atoms with Crippen LogP contribution in [0.3, 0.4) is 0 Å². The standard InChI is InChI=1S/C18H22N6S/c1-13-7-19-18(23-13)17-6-15(20-11-21-17)5-14-3-2-4-24(8-14)9-16-10-25-12-22-16/h6-7,10-12,14H,2-5,8-9H2,1H3,(H,19,23)/t14-/m0/s1. The minimum absolute atomic E-state index is 0.633. The molecule has 7 heteroatoms. The highest BCUT2D eigenvalue weighted by molar-refractivity contribution is 7.07. The minimum atomic E-state index is 0.633. The monoisotopic (exact) mass is 354 g/mol. The molecule has 0 aromatic carbocycles. The van der Waals surface area contributed by atoms with E-state index in [-0.39, 0.29) is 0 Å². The van der Waals surface area contributed by atoms with E-state index >= 15 is 0 Å². The van der Waals surface area contributed by atoms with Crippen molar-refractivity contribution in [3.63, 3.8) is 0 Å². The van der Waals surface area contributed by atoms with Crippen LogP contribution in [-0.4, -0.2) is 42.9 Å². The van der Waals surface area contributed by atoms with Crippen LogP contribution in [0.2, 0.25) is 0 Å². The molecule has 1 saturated heterocycles. The number of nitrogens with one attached hydrogen (secondary N) is 1. The van der Waals surface area contributed by atoms with E-state index in [1.807, 2.05) is 18.6 Å². The van der Waals surface area contributed by atoms with Crippen LogP contribution in [0.1, 0.15) is 29.9 Å². The molecule has 0 bridgehead atoms. The average molecular weight is 354 g/mol. The van der Waals surface area contributed by atoms with Crippen LogP contribution in [0.25, 0.3) is 11.5 Å². The van der Waals surface area contributed by atoms with E-state index < -0.39 is 0 Å². The second-order valence-corrected chi connectivity index (χ2v) is 7.46. The molecule has 4 rings (SSSR count). The number of imidazole rings is 1. The molecule has 25 heavy (non-hydrogen) atoms. The van der Waals surface area contributed by atoms with E-state index in [1.165, 1.54) is 18.5 Å². The van der Waals surface area contributed by atoms with Gasteiger partial charge in [-0.2, -0.15) is 0 Å². The Bertz CT molecular complexity index is 813. The molecular weight excluding hydrogens is 332 g/mol. The van der Waals surface area contributed by atoms with Crippen LogP contribution in [0.15, 0.2) is 29.5 Å². The van der Waals surface area contributed by atoms with Gasteiger partial charge in [0.25, 0.3) is 0 Å². The second kappa shape index (κ2) is 7.41. The first-order valence-corrected chi connectivity index (χ1v) is 9.63.